The van der Waals surface area contributed by atoms with Gasteiger partial charge in [-0.1, -0.05) is 61.2 Å². The van der Waals surface area contributed by atoms with Gasteiger partial charge < -0.3 is 9.15 Å². The van der Waals surface area contributed by atoms with Crippen LogP contribution in [0, 0.1) is 0 Å². The highest BCUT2D eigenvalue weighted by atomic mass is 16.5. The summed E-state index contributed by atoms with van der Waals surface area (Å²) < 4.78 is 12.0. The summed E-state index contributed by atoms with van der Waals surface area (Å²) in [7, 11) is 0. The first-order chi connectivity index (χ1) is 14.0. The third-order valence-electron chi connectivity index (χ3n) is 5.47. The molecule has 0 aliphatic carbocycles. The molecule has 3 heteroatoms. The summed E-state index contributed by atoms with van der Waals surface area (Å²) in [5.74, 6) is -0.391. The van der Waals surface area contributed by atoms with Gasteiger partial charge in [0.2, 0.25) is 0 Å². The molecule has 4 aromatic carbocycles. The van der Waals surface area contributed by atoms with Crippen molar-refractivity contribution >= 4 is 49.5 Å². The molecule has 142 valence electrons. The van der Waals surface area contributed by atoms with Crippen molar-refractivity contribution in [2.24, 2.45) is 0 Å². The number of rotatable bonds is 3. The molecule has 1 heterocycles. The molecule has 1 atom stereocenters. The van der Waals surface area contributed by atoms with E-state index >= 15 is 0 Å². The Morgan fingerprint density at radius 1 is 0.931 bits per heavy atom. The van der Waals surface area contributed by atoms with Crippen molar-refractivity contribution in [3.63, 3.8) is 0 Å². The van der Waals surface area contributed by atoms with E-state index in [1.807, 2.05) is 37.3 Å². The summed E-state index contributed by atoms with van der Waals surface area (Å²) in [5, 5.41) is 6.56. The van der Waals surface area contributed by atoms with E-state index in [1.165, 1.54) is 0 Å². The molecule has 5 rings (SSSR count). The SMILES string of the molecule is C=C(C)C(=O)OC(C)c1cc2oc3c4ccccc4ccc3c2c2ccccc12. The zero-order chi connectivity index (χ0) is 20.1. The fourth-order valence-electron chi connectivity index (χ4n) is 4.06. The summed E-state index contributed by atoms with van der Waals surface area (Å²) in [5.41, 5.74) is 2.98. The Bertz CT molecular complexity index is 1440. The molecule has 0 saturated heterocycles. The molecule has 0 aliphatic heterocycles. The Morgan fingerprint density at radius 2 is 1.62 bits per heavy atom. The fourth-order valence-corrected chi connectivity index (χ4v) is 4.06. The predicted octanol–water partition coefficient (Wildman–Crippen LogP) is 7.07. The molecule has 0 amide bonds. The van der Waals surface area contributed by atoms with Crippen LogP contribution in [0.15, 0.2) is 83.3 Å². The molecule has 1 aromatic heterocycles. The average molecular weight is 380 g/mol. The van der Waals surface area contributed by atoms with Gasteiger partial charge in [-0.3, -0.25) is 0 Å². The van der Waals surface area contributed by atoms with Crippen molar-refractivity contribution in [2.45, 2.75) is 20.0 Å². The Labute approximate surface area is 168 Å². The van der Waals surface area contributed by atoms with Gasteiger partial charge in [0.05, 0.1) is 0 Å². The van der Waals surface area contributed by atoms with Crippen LogP contribution < -0.4 is 0 Å². The number of hydrogen-bond acceptors (Lipinski definition) is 3. The normalized spacial score (nSPS) is 12.6. The number of ether oxygens (including phenoxy) is 1. The molecular formula is C26H20O3. The van der Waals surface area contributed by atoms with Crippen LogP contribution in [0.5, 0.6) is 0 Å². The topological polar surface area (TPSA) is 39.4 Å². The Kier molecular flexibility index (Phi) is 3.92. The molecule has 0 fully saturated rings. The maximum absolute atomic E-state index is 12.1. The average Bonchev–Trinajstić information content (AvgIpc) is 3.12. The second-order valence-electron chi connectivity index (χ2n) is 7.48. The van der Waals surface area contributed by atoms with E-state index in [2.05, 4.69) is 43.0 Å². The lowest BCUT2D eigenvalue weighted by atomic mass is 9.96. The van der Waals surface area contributed by atoms with Crippen molar-refractivity contribution in [3.05, 3.63) is 84.4 Å². The lowest BCUT2D eigenvalue weighted by Gasteiger charge is -2.16. The van der Waals surface area contributed by atoms with Gasteiger partial charge in [0.1, 0.15) is 17.3 Å². The quantitative estimate of drug-likeness (QED) is 0.248. The summed E-state index contributed by atoms with van der Waals surface area (Å²) in [6, 6.07) is 22.7. The van der Waals surface area contributed by atoms with Gasteiger partial charge in [-0.2, -0.15) is 0 Å². The van der Waals surface area contributed by atoms with Crippen molar-refractivity contribution in [2.75, 3.05) is 0 Å². The Morgan fingerprint density at radius 3 is 2.38 bits per heavy atom. The van der Waals surface area contributed by atoms with Gasteiger partial charge in [0, 0.05) is 27.3 Å². The minimum absolute atomic E-state index is 0.387. The fraction of sp³-hybridized carbons (Fsp3) is 0.115. The predicted molar refractivity (Wildman–Crippen MR) is 118 cm³/mol. The van der Waals surface area contributed by atoms with Gasteiger partial charge in [-0.15, -0.1) is 0 Å². The molecule has 3 nitrogen and oxygen atoms in total. The second-order valence-corrected chi connectivity index (χ2v) is 7.48. The maximum Gasteiger partial charge on any atom is 0.333 e. The van der Waals surface area contributed by atoms with Crippen LogP contribution in [0.25, 0.3) is 43.5 Å². The van der Waals surface area contributed by atoms with E-state index in [0.29, 0.717) is 5.57 Å². The van der Waals surface area contributed by atoms with E-state index in [1.54, 1.807) is 6.92 Å². The number of furan rings is 1. The molecule has 5 aromatic rings. The Hall–Kier alpha value is -3.59. The van der Waals surface area contributed by atoms with Crippen LogP contribution in [0.4, 0.5) is 0 Å². The van der Waals surface area contributed by atoms with Gasteiger partial charge in [0.25, 0.3) is 0 Å². The first kappa shape index (κ1) is 17.5. The number of carbonyl (C=O) groups is 1. The summed E-state index contributed by atoms with van der Waals surface area (Å²) >= 11 is 0. The molecular weight excluding hydrogens is 360 g/mol. The summed E-state index contributed by atoms with van der Waals surface area (Å²) in [4.78, 5) is 12.1. The van der Waals surface area contributed by atoms with Gasteiger partial charge in [0.15, 0.2) is 0 Å². The molecule has 0 radical (unpaired) electrons. The highest BCUT2D eigenvalue weighted by molar-refractivity contribution is 6.23. The molecule has 0 aliphatic rings. The Balaban J connectivity index is 1.83. The number of carbonyl (C=O) groups excluding carboxylic acids is 1. The lowest BCUT2D eigenvalue weighted by Crippen LogP contribution is -2.09. The van der Waals surface area contributed by atoms with Crippen LogP contribution in [0.3, 0.4) is 0 Å². The highest BCUT2D eigenvalue weighted by Crippen LogP contribution is 2.40. The van der Waals surface area contributed by atoms with Crippen molar-refractivity contribution in [1.82, 2.24) is 0 Å². The number of esters is 1. The van der Waals surface area contributed by atoms with Crippen molar-refractivity contribution in [1.29, 1.82) is 0 Å². The highest BCUT2D eigenvalue weighted by Gasteiger charge is 2.20. The maximum atomic E-state index is 12.1. The summed E-state index contributed by atoms with van der Waals surface area (Å²) in [6.45, 7) is 7.21. The monoisotopic (exact) mass is 380 g/mol. The molecule has 0 N–H and O–H groups in total. The first-order valence-corrected chi connectivity index (χ1v) is 9.66. The standard InChI is InChI=1S/C26H20O3/c1-15(2)26(27)28-16(3)22-14-23-24(20-11-7-6-10-19(20)22)21-13-12-17-8-4-5-9-18(17)25(21)29-23/h4-14,16H,1H2,2-3H3. The zero-order valence-electron chi connectivity index (χ0n) is 16.4. The second kappa shape index (κ2) is 6.49. The van der Waals surface area contributed by atoms with Crippen LogP contribution >= 0.6 is 0 Å². The van der Waals surface area contributed by atoms with Crippen LogP contribution in [-0.2, 0) is 9.53 Å². The van der Waals surface area contributed by atoms with Crippen molar-refractivity contribution in [3.8, 4) is 0 Å². The minimum atomic E-state index is -0.418. The molecule has 0 saturated carbocycles. The van der Waals surface area contributed by atoms with Crippen molar-refractivity contribution < 1.29 is 13.9 Å². The molecule has 1 unspecified atom stereocenters. The van der Waals surface area contributed by atoms with Gasteiger partial charge in [-0.05, 0) is 42.1 Å². The zero-order valence-corrected chi connectivity index (χ0v) is 16.4. The smallest absolute Gasteiger partial charge is 0.333 e. The third kappa shape index (κ3) is 2.70. The minimum Gasteiger partial charge on any atom is -0.455 e. The number of fused-ring (bicyclic) bond motifs is 7. The van der Waals surface area contributed by atoms with E-state index in [9.17, 15) is 4.79 Å². The first-order valence-electron chi connectivity index (χ1n) is 9.66. The van der Waals surface area contributed by atoms with Gasteiger partial charge in [-0.25, -0.2) is 4.79 Å². The van der Waals surface area contributed by atoms with Crippen LogP contribution in [-0.4, -0.2) is 5.97 Å². The largest absolute Gasteiger partial charge is 0.455 e. The third-order valence-corrected chi connectivity index (χ3v) is 5.47. The van der Waals surface area contributed by atoms with E-state index in [-0.39, 0.29) is 0 Å². The van der Waals surface area contributed by atoms with Crippen LogP contribution in [0.1, 0.15) is 25.5 Å². The van der Waals surface area contributed by atoms with E-state index in [4.69, 9.17) is 9.15 Å². The molecule has 29 heavy (non-hydrogen) atoms. The van der Waals surface area contributed by atoms with Gasteiger partial charge >= 0.3 is 5.97 Å². The van der Waals surface area contributed by atoms with Crippen LogP contribution in [0.2, 0.25) is 0 Å². The molecule has 0 spiro atoms. The van der Waals surface area contributed by atoms with E-state index < -0.39 is 12.1 Å². The summed E-state index contributed by atoms with van der Waals surface area (Å²) in [6.07, 6.45) is -0.418. The molecule has 0 bridgehead atoms. The number of benzene rings is 4. The number of hydrogen-bond donors (Lipinski definition) is 0. The lowest BCUT2D eigenvalue weighted by molar-refractivity contribution is -0.143. The van der Waals surface area contributed by atoms with E-state index in [0.717, 1.165) is 49.0 Å².